The molecule has 1 fully saturated rings. The number of pyridine rings is 1. The van der Waals surface area contributed by atoms with Gasteiger partial charge in [-0.2, -0.15) is 0 Å². The number of hydrogen-bond donors (Lipinski definition) is 1. The number of hydrogen-bond acceptors (Lipinski definition) is 7. The van der Waals surface area contributed by atoms with Crippen LogP contribution in [-0.2, 0) is 19.4 Å². The van der Waals surface area contributed by atoms with Gasteiger partial charge in [-0.3, -0.25) is 4.79 Å². The lowest BCUT2D eigenvalue weighted by Crippen LogP contribution is -2.38. The number of benzene rings is 3. The van der Waals surface area contributed by atoms with Crippen molar-refractivity contribution in [1.29, 1.82) is 0 Å². The van der Waals surface area contributed by atoms with Gasteiger partial charge in [0, 0.05) is 17.0 Å². The predicted molar refractivity (Wildman–Crippen MR) is 137 cm³/mol. The first-order valence-electron chi connectivity index (χ1n) is 11.5. The molecule has 8 nitrogen and oxygen atoms in total. The van der Waals surface area contributed by atoms with Gasteiger partial charge >= 0.3 is 5.97 Å². The molecule has 1 aliphatic heterocycles. The number of amides is 1. The number of methoxy groups -OCH3 is 1. The van der Waals surface area contributed by atoms with Crippen molar-refractivity contribution in [1.82, 2.24) is 10.3 Å². The molecule has 1 saturated heterocycles. The third kappa shape index (κ3) is 5.01. The second-order valence-electron chi connectivity index (χ2n) is 8.74. The quantitative estimate of drug-likeness (QED) is 0.400. The molecule has 184 valence electrons. The molecule has 36 heavy (non-hydrogen) atoms. The van der Waals surface area contributed by atoms with E-state index in [1.807, 2.05) is 48.5 Å². The topological polar surface area (TPSA) is 112 Å². The number of para-hydroxylation sites is 1. The Morgan fingerprint density at radius 1 is 1.03 bits per heavy atom. The van der Waals surface area contributed by atoms with E-state index in [0.717, 1.165) is 22.1 Å². The molecule has 9 heteroatoms. The molecule has 5 rings (SSSR count). The molecular weight excluding hydrogens is 480 g/mol. The van der Waals surface area contributed by atoms with Crippen molar-refractivity contribution >= 4 is 43.4 Å². The van der Waals surface area contributed by atoms with E-state index in [9.17, 15) is 18.0 Å². The number of aromatic nitrogens is 1. The van der Waals surface area contributed by atoms with Gasteiger partial charge in [-0.15, -0.1) is 0 Å². The molecule has 0 spiro atoms. The van der Waals surface area contributed by atoms with Gasteiger partial charge in [0.05, 0.1) is 35.4 Å². The van der Waals surface area contributed by atoms with Crippen LogP contribution in [0.2, 0.25) is 0 Å². The maximum Gasteiger partial charge on any atom is 0.339 e. The van der Waals surface area contributed by atoms with E-state index in [-0.39, 0.29) is 11.5 Å². The third-order valence-electron chi connectivity index (χ3n) is 6.21. The maximum absolute atomic E-state index is 13.0. The average Bonchev–Trinajstić information content (AvgIpc) is 3.23. The number of esters is 1. The van der Waals surface area contributed by atoms with Crippen molar-refractivity contribution < 1.29 is 27.5 Å². The Bertz CT molecular complexity index is 1600. The number of fused-ring (bicyclic) bond motifs is 2. The molecule has 0 radical (unpaired) electrons. The molecule has 4 aromatic rings. The largest absolute Gasteiger partial charge is 0.497 e. The molecule has 1 N–H and O–H groups in total. The maximum atomic E-state index is 13.0. The van der Waals surface area contributed by atoms with Crippen LogP contribution in [0, 0.1) is 0 Å². The van der Waals surface area contributed by atoms with E-state index in [1.54, 1.807) is 25.3 Å². The molecule has 2 heterocycles. The van der Waals surface area contributed by atoms with Crippen molar-refractivity contribution in [2.75, 3.05) is 25.2 Å². The zero-order valence-electron chi connectivity index (χ0n) is 19.6. The summed E-state index contributed by atoms with van der Waals surface area (Å²) in [6.45, 7) is -0.501. The summed E-state index contributed by atoms with van der Waals surface area (Å²) in [5.74, 6) is -0.471. The van der Waals surface area contributed by atoms with Crippen molar-refractivity contribution in [3.8, 4) is 17.0 Å². The highest BCUT2D eigenvalue weighted by Gasteiger charge is 2.29. The molecule has 0 aliphatic carbocycles. The minimum absolute atomic E-state index is 0.0475. The Balaban J connectivity index is 1.40. The second kappa shape index (κ2) is 9.58. The summed E-state index contributed by atoms with van der Waals surface area (Å²) in [7, 11) is -1.50. The van der Waals surface area contributed by atoms with Crippen molar-refractivity contribution in [3.05, 3.63) is 72.3 Å². The minimum atomic E-state index is -3.12. The zero-order valence-corrected chi connectivity index (χ0v) is 20.4. The molecule has 1 aliphatic rings. The summed E-state index contributed by atoms with van der Waals surface area (Å²) < 4.78 is 33.8. The summed E-state index contributed by atoms with van der Waals surface area (Å²) >= 11 is 0. The van der Waals surface area contributed by atoms with E-state index in [1.165, 1.54) is 0 Å². The van der Waals surface area contributed by atoms with E-state index < -0.39 is 34.4 Å². The van der Waals surface area contributed by atoms with E-state index in [0.29, 0.717) is 28.6 Å². The number of ether oxygens (including phenoxy) is 2. The Hall–Kier alpha value is -3.98. The fourth-order valence-electron chi connectivity index (χ4n) is 4.39. The van der Waals surface area contributed by atoms with Crippen LogP contribution in [0.25, 0.3) is 32.9 Å². The van der Waals surface area contributed by atoms with Crippen LogP contribution in [0.1, 0.15) is 16.8 Å². The van der Waals surface area contributed by atoms with Crippen molar-refractivity contribution in [2.45, 2.75) is 12.5 Å². The lowest BCUT2D eigenvalue weighted by atomic mass is 10.0. The Morgan fingerprint density at radius 3 is 2.58 bits per heavy atom. The van der Waals surface area contributed by atoms with Gasteiger partial charge in [-0.25, -0.2) is 18.2 Å². The molecule has 1 aromatic heterocycles. The van der Waals surface area contributed by atoms with Gasteiger partial charge in [0.2, 0.25) is 0 Å². The molecule has 1 amide bonds. The molecule has 1 atom stereocenters. The van der Waals surface area contributed by atoms with Crippen LogP contribution >= 0.6 is 0 Å². The lowest BCUT2D eigenvalue weighted by molar-refractivity contribution is -0.124. The number of nitrogens with zero attached hydrogens (tertiary/aromatic N) is 1. The van der Waals surface area contributed by atoms with Gasteiger partial charge in [0.25, 0.3) is 5.91 Å². The molecule has 0 saturated carbocycles. The second-order valence-corrected chi connectivity index (χ2v) is 11.0. The first-order valence-corrected chi connectivity index (χ1v) is 13.3. The highest BCUT2D eigenvalue weighted by Crippen LogP contribution is 2.29. The third-order valence-corrected chi connectivity index (χ3v) is 7.98. The first kappa shape index (κ1) is 23.7. The summed E-state index contributed by atoms with van der Waals surface area (Å²) in [5.41, 5.74) is 2.34. The van der Waals surface area contributed by atoms with Gasteiger partial charge in [0.15, 0.2) is 16.4 Å². The van der Waals surface area contributed by atoms with Crippen molar-refractivity contribution in [2.24, 2.45) is 0 Å². The van der Waals surface area contributed by atoms with Crippen LogP contribution < -0.4 is 10.1 Å². The number of rotatable bonds is 6. The number of carbonyl (C=O) groups excluding carboxylic acids is 2. The van der Waals surface area contributed by atoms with Gasteiger partial charge in [-0.05, 0) is 47.5 Å². The predicted octanol–water partition coefficient (Wildman–Crippen LogP) is 3.52. The van der Waals surface area contributed by atoms with E-state index in [2.05, 4.69) is 5.32 Å². The van der Waals surface area contributed by atoms with Gasteiger partial charge < -0.3 is 14.8 Å². The number of carbonyl (C=O) groups is 2. The first-order chi connectivity index (χ1) is 17.3. The molecule has 3 aromatic carbocycles. The molecule has 0 unspecified atom stereocenters. The fourth-order valence-corrected chi connectivity index (χ4v) is 6.06. The molecule has 0 bridgehead atoms. The SMILES string of the molecule is COc1ccc2cc(-c3cc(C(=O)OCC(=O)N[C@@H]4CCS(=O)(=O)C4)c4ccccc4n3)ccc2c1. The average molecular weight is 505 g/mol. The van der Waals surface area contributed by atoms with Crippen molar-refractivity contribution in [3.63, 3.8) is 0 Å². The standard InChI is InChI=1S/C27H24N2O6S/c1-34-21-9-8-17-12-19(7-6-18(17)13-21)25-14-23(22-4-2-3-5-24(22)29-25)27(31)35-15-26(30)28-20-10-11-36(32,33)16-20/h2-9,12-14,20H,10-11,15-16H2,1H3,(H,28,30)/t20-/m1/s1. The summed E-state index contributed by atoms with van der Waals surface area (Å²) in [5, 5.41) is 5.25. The minimum Gasteiger partial charge on any atom is -0.497 e. The number of sulfone groups is 1. The highest BCUT2D eigenvalue weighted by atomic mass is 32.2. The monoisotopic (exact) mass is 504 g/mol. The summed E-state index contributed by atoms with van der Waals surface area (Å²) in [6.07, 6.45) is 0.360. The van der Waals surface area contributed by atoms with Crippen LogP contribution in [0.4, 0.5) is 0 Å². The Morgan fingerprint density at radius 2 is 1.81 bits per heavy atom. The zero-order chi connectivity index (χ0) is 25.3. The lowest BCUT2D eigenvalue weighted by Gasteiger charge is -2.13. The summed E-state index contributed by atoms with van der Waals surface area (Å²) in [6, 6.07) is 20.1. The Labute approximate surface area is 208 Å². The van der Waals surface area contributed by atoms with Crippen LogP contribution in [0.5, 0.6) is 5.75 Å². The molecular formula is C27H24N2O6S. The van der Waals surface area contributed by atoms with E-state index >= 15 is 0 Å². The van der Waals surface area contributed by atoms with Gasteiger partial charge in [0.1, 0.15) is 5.75 Å². The van der Waals surface area contributed by atoms with Crippen LogP contribution in [-0.4, -0.2) is 56.5 Å². The van der Waals surface area contributed by atoms with Crippen LogP contribution in [0.3, 0.4) is 0 Å². The van der Waals surface area contributed by atoms with Gasteiger partial charge in [-0.1, -0.05) is 36.4 Å². The summed E-state index contributed by atoms with van der Waals surface area (Å²) in [4.78, 5) is 30.0. The van der Waals surface area contributed by atoms with E-state index in [4.69, 9.17) is 14.5 Å². The number of nitrogens with one attached hydrogen (secondary N) is 1. The van der Waals surface area contributed by atoms with Crippen LogP contribution in [0.15, 0.2) is 66.7 Å². The Kier molecular flexibility index (Phi) is 6.32. The highest BCUT2D eigenvalue weighted by molar-refractivity contribution is 7.91. The fraction of sp³-hybridized carbons (Fsp3) is 0.222. The smallest absolute Gasteiger partial charge is 0.339 e. The normalized spacial score (nSPS) is 16.6.